The maximum Gasteiger partial charge on any atom is 0.168 e. The standard InChI is InChI=1S/C9H13N3S/c1-6(10)7-2-4-8(5-3-7)12-9(11)13/h2-6H,10H2,1H3,(H3,11,12,13)/t6-/m0/s1. The van der Waals surface area contributed by atoms with Gasteiger partial charge in [0.05, 0.1) is 0 Å². The van der Waals surface area contributed by atoms with Crippen LogP contribution in [-0.4, -0.2) is 5.11 Å². The monoisotopic (exact) mass is 195 g/mol. The third kappa shape index (κ3) is 3.01. The van der Waals surface area contributed by atoms with Crippen molar-refractivity contribution in [2.24, 2.45) is 11.5 Å². The van der Waals surface area contributed by atoms with Crippen LogP contribution in [0.5, 0.6) is 0 Å². The summed E-state index contributed by atoms with van der Waals surface area (Å²) in [5, 5.41) is 3.11. The highest BCUT2D eigenvalue weighted by molar-refractivity contribution is 7.80. The highest BCUT2D eigenvalue weighted by atomic mass is 32.1. The molecule has 0 spiro atoms. The van der Waals surface area contributed by atoms with E-state index in [1.54, 1.807) is 0 Å². The summed E-state index contributed by atoms with van der Waals surface area (Å²) in [6, 6.07) is 7.76. The molecular formula is C9H13N3S. The highest BCUT2D eigenvalue weighted by Gasteiger charge is 1.98. The van der Waals surface area contributed by atoms with Crippen molar-refractivity contribution < 1.29 is 0 Å². The van der Waals surface area contributed by atoms with Gasteiger partial charge in [-0.15, -0.1) is 0 Å². The van der Waals surface area contributed by atoms with Crippen molar-refractivity contribution in [2.45, 2.75) is 13.0 Å². The SMILES string of the molecule is C[C@H](N)c1ccc(NC(N)=S)cc1. The van der Waals surface area contributed by atoms with Crippen LogP contribution < -0.4 is 16.8 Å². The summed E-state index contributed by atoms with van der Waals surface area (Å²) in [7, 11) is 0. The van der Waals surface area contributed by atoms with Gasteiger partial charge in [0.25, 0.3) is 0 Å². The number of thiocarbonyl (C=S) groups is 1. The average molecular weight is 195 g/mol. The summed E-state index contributed by atoms with van der Waals surface area (Å²) in [4.78, 5) is 0. The molecule has 1 atom stereocenters. The van der Waals surface area contributed by atoms with Crippen LogP contribution in [-0.2, 0) is 0 Å². The van der Waals surface area contributed by atoms with Crippen molar-refractivity contribution in [2.75, 3.05) is 5.32 Å². The van der Waals surface area contributed by atoms with Crippen molar-refractivity contribution in [3.8, 4) is 0 Å². The predicted octanol–water partition coefficient (Wildman–Crippen LogP) is 1.36. The predicted molar refractivity (Wildman–Crippen MR) is 59.5 cm³/mol. The van der Waals surface area contributed by atoms with Gasteiger partial charge in [-0.05, 0) is 36.8 Å². The first-order valence-corrected chi connectivity index (χ1v) is 4.42. The second-order valence-electron chi connectivity index (χ2n) is 2.90. The number of rotatable bonds is 2. The fourth-order valence-corrected chi connectivity index (χ4v) is 1.13. The molecule has 0 bridgehead atoms. The number of anilines is 1. The summed E-state index contributed by atoms with van der Waals surface area (Å²) in [5.74, 6) is 0. The Morgan fingerprint density at radius 3 is 2.31 bits per heavy atom. The maximum atomic E-state index is 5.69. The second kappa shape index (κ2) is 4.20. The Kier molecular flexibility index (Phi) is 3.22. The molecule has 0 radical (unpaired) electrons. The Morgan fingerprint density at radius 2 is 1.92 bits per heavy atom. The van der Waals surface area contributed by atoms with Crippen molar-refractivity contribution in [1.82, 2.24) is 0 Å². The lowest BCUT2D eigenvalue weighted by atomic mass is 10.1. The summed E-state index contributed by atoms with van der Waals surface area (Å²) < 4.78 is 0. The molecule has 13 heavy (non-hydrogen) atoms. The van der Waals surface area contributed by atoms with Crippen molar-refractivity contribution in [3.63, 3.8) is 0 Å². The molecule has 1 aromatic rings. The molecule has 70 valence electrons. The Labute approximate surface area is 83.1 Å². The Balaban J connectivity index is 2.75. The van der Waals surface area contributed by atoms with Crippen LogP contribution in [0.25, 0.3) is 0 Å². The van der Waals surface area contributed by atoms with E-state index in [0.717, 1.165) is 11.3 Å². The fraction of sp³-hybridized carbons (Fsp3) is 0.222. The van der Waals surface area contributed by atoms with Gasteiger partial charge in [-0.1, -0.05) is 12.1 Å². The smallest absolute Gasteiger partial charge is 0.168 e. The topological polar surface area (TPSA) is 64.1 Å². The molecular weight excluding hydrogens is 182 g/mol. The van der Waals surface area contributed by atoms with E-state index in [-0.39, 0.29) is 11.2 Å². The van der Waals surface area contributed by atoms with E-state index < -0.39 is 0 Å². The van der Waals surface area contributed by atoms with Gasteiger partial charge in [0.1, 0.15) is 0 Å². The van der Waals surface area contributed by atoms with Crippen LogP contribution in [0.15, 0.2) is 24.3 Å². The minimum Gasteiger partial charge on any atom is -0.376 e. The zero-order valence-electron chi connectivity index (χ0n) is 7.45. The summed E-state index contributed by atoms with van der Waals surface area (Å²) in [6.07, 6.45) is 0. The molecule has 5 N–H and O–H groups in total. The van der Waals surface area contributed by atoms with E-state index in [4.69, 9.17) is 23.7 Å². The summed E-state index contributed by atoms with van der Waals surface area (Å²) in [6.45, 7) is 1.94. The van der Waals surface area contributed by atoms with Crippen molar-refractivity contribution in [3.05, 3.63) is 29.8 Å². The van der Waals surface area contributed by atoms with Crippen molar-refractivity contribution >= 4 is 23.0 Å². The van der Waals surface area contributed by atoms with E-state index in [1.807, 2.05) is 31.2 Å². The molecule has 0 saturated heterocycles. The number of hydrogen-bond donors (Lipinski definition) is 3. The molecule has 0 heterocycles. The Morgan fingerprint density at radius 1 is 1.38 bits per heavy atom. The molecule has 3 nitrogen and oxygen atoms in total. The van der Waals surface area contributed by atoms with Gasteiger partial charge in [0.15, 0.2) is 5.11 Å². The molecule has 0 aliphatic carbocycles. The zero-order valence-corrected chi connectivity index (χ0v) is 8.27. The van der Waals surface area contributed by atoms with Crippen LogP contribution in [0.2, 0.25) is 0 Å². The van der Waals surface area contributed by atoms with Crippen LogP contribution in [0.3, 0.4) is 0 Å². The third-order valence-electron chi connectivity index (χ3n) is 1.70. The minimum absolute atomic E-state index is 0.0545. The maximum absolute atomic E-state index is 5.69. The van der Waals surface area contributed by atoms with Crippen LogP contribution in [0.4, 0.5) is 5.69 Å². The normalized spacial score (nSPS) is 12.2. The van der Waals surface area contributed by atoms with Gasteiger partial charge in [-0.25, -0.2) is 0 Å². The lowest BCUT2D eigenvalue weighted by Gasteiger charge is -2.07. The van der Waals surface area contributed by atoms with Gasteiger partial charge in [0.2, 0.25) is 0 Å². The largest absolute Gasteiger partial charge is 0.376 e. The molecule has 0 amide bonds. The molecule has 0 aliphatic heterocycles. The van der Waals surface area contributed by atoms with Crippen LogP contribution in [0, 0.1) is 0 Å². The highest BCUT2D eigenvalue weighted by Crippen LogP contribution is 2.13. The van der Waals surface area contributed by atoms with E-state index >= 15 is 0 Å². The number of hydrogen-bond acceptors (Lipinski definition) is 2. The van der Waals surface area contributed by atoms with Gasteiger partial charge in [-0.3, -0.25) is 0 Å². The zero-order chi connectivity index (χ0) is 9.84. The number of nitrogens with one attached hydrogen (secondary N) is 1. The number of nitrogens with two attached hydrogens (primary N) is 2. The fourth-order valence-electron chi connectivity index (χ4n) is 1.01. The molecule has 0 aromatic heterocycles. The van der Waals surface area contributed by atoms with E-state index in [1.165, 1.54) is 0 Å². The van der Waals surface area contributed by atoms with Gasteiger partial charge < -0.3 is 16.8 Å². The van der Waals surface area contributed by atoms with Gasteiger partial charge in [0, 0.05) is 11.7 Å². The van der Waals surface area contributed by atoms with E-state index in [9.17, 15) is 0 Å². The van der Waals surface area contributed by atoms with Gasteiger partial charge in [-0.2, -0.15) is 0 Å². The lowest BCUT2D eigenvalue weighted by Crippen LogP contribution is -2.18. The molecule has 0 aliphatic rings. The van der Waals surface area contributed by atoms with E-state index in [2.05, 4.69) is 5.32 Å². The summed E-state index contributed by atoms with van der Waals surface area (Å²) >= 11 is 4.70. The first-order chi connectivity index (χ1) is 6.09. The van der Waals surface area contributed by atoms with Crippen LogP contribution in [0.1, 0.15) is 18.5 Å². The third-order valence-corrected chi connectivity index (χ3v) is 1.81. The Bertz CT molecular complexity index is 292. The van der Waals surface area contributed by atoms with Crippen molar-refractivity contribution in [1.29, 1.82) is 0 Å². The van der Waals surface area contributed by atoms with E-state index in [0.29, 0.717) is 0 Å². The molecule has 1 aromatic carbocycles. The lowest BCUT2D eigenvalue weighted by molar-refractivity contribution is 0.818. The molecule has 1 rings (SSSR count). The quantitative estimate of drug-likeness (QED) is 0.623. The molecule has 0 fully saturated rings. The molecule has 4 heteroatoms. The van der Waals surface area contributed by atoms with Gasteiger partial charge >= 0.3 is 0 Å². The average Bonchev–Trinajstić information content (AvgIpc) is 2.04. The molecule has 0 saturated carbocycles. The second-order valence-corrected chi connectivity index (χ2v) is 3.34. The Hall–Kier alpha value is -1.13. The summed E-state index contributed by atoms with van der Waals surface area (Å²) in [5.41, 5.74) is 13.0. The first-order valence-electron chi connectivity index (χ1n) is 4.01. The van der Waals surface area contributed by atoms with Crippen LogP contribution >= 0.6 is 12.2 Å². The minimum atomic E-state index is 0.0545. The molecule has 0 unspecified atom stereocenters. The first kappa shape index (κ1) is 9.95. The number of benzene rings is 1.